The average molecular weight is 234 g/mol. The van der Waals surface area contributed by atoms with Crippen LogP contribution < -0.4 is 0 Å². The summed E-state index contributed by atoms with van der Waals surface area (Å²) in [6.45, 7) is 3.64. The smallest absolute Gasteiger partial charge is 0.276 e. The van der Waals surface area contributed by atoms with Crippen molar-refractivity contribution in [2.45, 2.75) is 19.9 Å². The highest BCUT2D eigenvalue weighted by Crippen LogP contribution is 2.20. The van der Waals surface area contributed by atoms with Gasteiger partial charge in [-0.05, 0) is 26.0 Å². The molecule has 0 fully saturated rings. The summed E-state index contributed by atoms with van der Waals surface area (Å²) in [7, 11) is 1.71. The Morgan fingerprint density at radius 1 is 1.53 bits per heavy atom. The van der Waals surface area contributed by atoms with Gasteiger partial charge in [-0.25, -0.2) is 0 Å². The molecule has 0 saturated carbocycles. The van der Waals surface area contributed by atoms with Gasteiger partial charge in [0.2, 0.25) is 0 Å². The van der Waals surface area contributed by atoms with E-state index in [1.807, 2.05) is 13.0 Å². The van der Waals surface area contributed by atoms with Crippen LogP contribution in [-0.2, 0) is 0 Å². The lowest BCUT2D eigenvalue weighted by molar-refractivity contribution is 0.0715. The van der Waals surface area contributed by atoms with E-state index in [9.17, 15) is 4.79 Å². The summed E-state index contributed by atoms with van der Waals surface area (Å²) in [4.78, 5) is 13.6. The first-order valence-corrected chi connectivity index (χ1v) is 5.33. The molecule has 0 aliphatic rings. The maximum absolute atomic E-state index is 12.1. The summed E-state index contributed by atoms with van der Waals surface area (Å²) in [6, 6.07) is 5.11. The summed E-state index contributed by atoms with van der Waals surface area (Å²) >= 11 is 0. The molecule has 0 spiro atoms. The Labute approximate surface area is 99.0 Å². The highest BCUT2D eigenvalue weighted by atomic mass is 16.5. The van der Waals surface area contributed by atoms with E-state index < -0.39 is 0 Å². The van der Waals surface area contributed by atoms with E-state index in [1.165, 1.54) is 0 Å². The van der Waals surface area contributed by atoms with Crippen LogP contribution in [0.15, 0.2) is 33.4 Å². The highest BCUT2D eigenvalue weighted by Gasteiger charge is 2.22. The van der Waals surface area contributed by atoms with E-state index in [0.717, 1.165) is 5.76 Å². The molecule has 90 valence electrons. The number of amides is 1. The van der Waals surface area contributed by atoms with Crippen LogP contribution in [0, 0.1) is 6.92 Å². The van der Waals surface area contributed by atoms with Crippen molar-refractivity contribution in [3.8, 4) is 0 Å². The third kappa shape index (κ3) is 2.22. The number of rotatable bonds is 3. The maximum atomic E-state index is 12.1. The van der Waals surface area contributed by atoms with Gasteiger partial charge >= 0.3 is 0 Å². The first-order valence-electron chi connectivity index (χ1n) is 5.33. The molecule has 1 amide bonds. The zero-order valence-corrected chi connectivity index (χ0v) is 10.0. The van der Waals surface area contributed by atoms with Gasteiger partial charge in [0.05, 0.1) is 12.3 Å². The standard InChI is InChI=1S/C12H14N2O3/c1-8-7-10(13-17-8)12(15)14(3)9(2)11-5-4-6-16-11/h4-7,9H,1-3H3. The van der Waals surface area contributed by atoms with Gasteiger partial charge in [-0.3, -0.25) is 4.79 Å². The fraction of sp³-hybridized carbons (Fsp3) is 0.333. The van der Waals surface area contributed by atoms with Crippen LogP contribution in [0.5, 0.6) is 0 Å². The molecule has 5 heteroatoms. The van der Waals surface area contributed by atoms with Crippen LogP contribution in [0.4, 0.5) is 0 Å². The molecule has 5 nitrogen and oxygen atoms in total. The molecule has 0 aromatic carbocycles. The lowest BCUT2D eigenvalue weighted by atomic mass is 10.2. The van der Waals surface area contributed by atoms with E-state index in [0.29, 0.717) is 11.5 Å². The molecule has 0 N–H and O–H groups in total. The molecule has 2 aromatic rings. The maximum Gasteiger partial charge on any atom is 0.276 e. The van der Waals surface area contributed by atoms with Crippen LogP contribution in [0.1, 0.15) is 35.0 Å². The summed E-state index contributed by atoms with van der Waals surface area (Å²) in [6.07, 6.45) is 1.59. The summed E-state index contributed by atoms with van der Waals surface area (Å²) < 4.78 is 10.2. The van der Waals surface area contributed by atoms with Gasteiger partial charge < -0.3 is 13.8 Å². The van der Waals surface area contributed by atoms with Crippen LogP contribution in [0.25, 0.3) is 0 Å². The normalized spacial score (nSPS) is 12.4. The van der Waals surface area contributed by atoms with Gasteiger partial charge in [0.15, 0.2) is 5.69 Å². The predicted octanol–water partition coefficient (Wildman–Crippen LogP) is 2.41. The molecule has 2 aromatic heterocycles. The third-order valence-corrected chi connectivity index (χ3v) is 2.70. The Morgan fingerprint density at radius 3 is 2.82 bits per heavy atom. The Morgan fingerprint density at radius 2 is 2.29 bits per heavy atom. The van der Waals surface area contributed by atoms with Gasteiger partial charge in [0.1, 0.15) is 11.5 Å². The molecule has 2 rings (SSSR count). The Balaban J connectivity index is 2.15. The van der Waals surface area contributed by atoms with Gasteiger partial charge in [-0.15, -0.1) is 0 Å². The lowest BCUT2D eigenvalue weighted by Gasteiger charge is -2.21. The number of hydrogen-bond acceptors (Lipinski definition) is 4. The van der Waals surface area contributed by atoms with E-state index in [4.69, 9.17) is 8.94 Å². The predicted molar refractivity (Wildman–Crippen MR) is 60.5 cm³/mol. The second kappa shape index (κ2) is 4.45. The SMILES string of the molecule is Cc1cc(C(=O)N(C)C(C)c2ccco2)no1. The fourth-order valence-corrected chi connectivity index (χ4v) is 1.54. The van der Waals surface area contributed by atoms with E-state index in [2.05, 4.69) is 5.16 Å². The minimum absolute atomic E-state index is 0.144. The number of aryl methyl sites for hydroxylation is 1. The largest absolute Gasteiger partial charge is 0.467 e. The van der Waals surface area contributed by atoms with Crippen molar-refractivity contribution in [3.05, 3.63) is 41.7 Å². The Hall–Kier alpha value is -2.04. The second-order valence-corrected chi connectivity index (χ2v) is 3.93. The third-order valence-electron chi connectivity index (χ3n) is 2.70. The molecule has 17 heavy (non-hydrogen) atoms. The van der Waals surface area contributed by atoms with Crippen LogP contribution >= 0.6 is 0 Å². The molecule has 0 aliphatic heterocycles. The number of carbonyl (C=O) groups excluding carboxylic acids is 1. The minimum Gasteiger partial charge on any atom is -0.467 e. The second-order valence-electron chi connectivity index (χ2n) is 3.93. The molecule has 0 saturated heterocycles. The van der Waals surface area contributed by atoms with Crippen molar-refractivity contribution in [2.24, 2.45) is 0 Å². The number of furan rings is 1. The van der Waals surface area contributed by atoms with Gasteiger partial charge in [-0.2, -0.15) is 0 Å². The molecule has 1 atom stereocenters. The lowest BCUT2D eigenvalue weighted by Crippen LogP contribution is -2.29. The summed E-state index contributed by atoms with van der Waals surface area (Å²) in [5.41, 5.74) is 0.309. The van der Waals surface area contributed by atoms with E-state index in [1.54, 1.807) is 37.3 Å². The Bertz CT molecular complexity index is 502. The monoisotopic (exact) mass is 234 g/mol. The van der Waals surface area contributed by atoms with E-state index >= 15 is 0 Å². The van der Waals surface area contributed by atoms with Crippen LogP contribution in [0.2, 0.25) is 0 Å². The molecule has 1 unspecified atom stereocenters. The summed E-state index contributed by atoms with van der Waals surface area (Å²) in [5.74, 6) is 1.17. The van der Waals surface area contributed by atoms with Crippen LogP contribution in [-0.4, -0.2) is 23.0 Å². The average Bonchev–Trinajstić information content (AvgIpc) is 2.96. The number of aromatic nitrogens is 1. The molecule has 0 radical (unpaired) electrons. The van der Waals surface area contributed by atoms with Crippen molar-refractivity contribution in [2.75, 3.05) is 7.05 Å². The number of carbonyl (C=O) groups is 1. The van der Waals surface area contributed by atoms with Gasteiger partial charge in [-0.1, -0.05) is 5.16 Å². The zero-order chi connectivity index (χ0) is 12.4. The minimum atomic E-state index is -0.189. The van der Waals surface area contributed by atoms with Crippen molar-refractivity contribution >= 4 is 5.91 Å². The quantitative estimate of drug-likeness (QED) is 0.818. The van der Waals surface area contributed by atoms with Crippen molar-refractivity contribution in [1.29, 1.82) is 0 Å². The number of nitrogens with zero attached hydrogens (tertiary/aromatic N) is 2. The highest BCUT2D eigenvalue weighted by molar-refractivity contribution is 5.92. The fourth-order valence-electron chi connectivity index (χ4n) is 1.54. The van der Waals surface area contributed by atoms with Gasteiger partial charge in [0.25, 0.3) is 5.91 Å². The van der Waals surface area contributed by atoms with Crippen LogP contribution in [0.3, 0.4) is 0 Å². The molecule has 0 aliphatic carbocycles. The summed E-state index contributed by atoms with van der Waals surface area (Å²) in [5, 5.41) is 3.70. The molecular formula is C12H14N2O3. The van der Waals surface area contributed by atoms with Crippen molar-refractivity contribution < 1.29 is 13.7 Å². The van der Waals surface area contributed by atoms with Crippen molar-refractivity contribution in [3.63, 3.8) is 0 Å². The first kappa shape index (κ1) is 11.4. The molecule has 2 heterocycles. The van der Waals surface area contributed by atoms with Crippen molar-refractivity contribution in [1.82, 2.24) is 10.1 Å². The number of hydrogen-bond donors (Lipinski definition) is 0. The first-order chi connectivity index (χ1) is 8.09. The Kier molecular flexibility index (Phi) is 2.99. The van der Waals surface area contributed by atoms with E-state index in [-0.39, 0.29) is 11.9 Å². The van der Waals surface area contributed by atoms with Gasteiger partial charge in [0, 0.05) is 13.1 Å². The topological polar surface area (TPSA) is 59.5 Å². The molecular weight excluding hydrogens is 220 g/mol. The molecule has 0 bridgehead atoms. The zero-order valence-electron chi connectivity index (χ0n) is 10.0.